The second-order valence-corrected chi connectivity index (χ2v) is 5.09. The standard InChI is InChI=1S/C12H11BrN2O2/c1-17-12(16)11-9-6-7(13)2-5-10(9)15(14-11)8-3-4-8/h2,5-6,8H,3-4H2,1H3. The minimum absolute atomic E-state index is 0.382. The first kappa shape index (κ1) is 10.8. The van der Waals surface area contributed by atoms with Crippen molar-refractivity contribution in [3.8, 4) is 0 Å². The number of carbonyl (C=O) groups is 1. The van der Waals surface area contributed by atoms with Gasteiger partial charge in [0, 0.05) is 9.86 Å². The van der Waals surface area contributed by atoms with Crippen molar-refractivity contribution in [2.75, 3.05) is 7.11 Å². The molecule has 1 heterocycles. The van der Waals surface area contributed by atoms with Gasteiger partial charge in [-0.1, -0.05) is 15.9 Å². The quantitative estimate of drug-likeness (QED) is 0.800. The Bertz CT molecular complexity index is 602. The van der Waals surface area contributed by atoms with Crippen LogP contribution in [0, 0.1) is 0 Å². The highest BCUT2D eigenvalue weighted by Gasteiger charge is 2.29. The van der Waals surface area contributed by atoms with E-state index in [1.807, 2.05) is 22.9 Å². The average molecular weight is 295 g/mol. The smallest absolute Gasteiger partial charge is 0.359 e. The summed E-state index contributed by atoms with van der Waals surface area (Å²) in [5, 5.41) is 5.23. The van der Waals surface area contributed by atoms with Gasteiger partial charge >= 0.3 is 5.97 Å². The Labute approximate surface area is 107 Å². The number of carbonyl (C=O) groups excluding carboxylic acids is 1. The summed E-state index contributed by atoms with van der Waals surface area (Å²) in [5.41, 5.74) is 1.40. The van der Waals surface area contributed by atoms with Crippen LogP contribution in [0.2, 0.25) is 0 Å². The molecule has 3 rings (SSSR count). The summed E-state index contributed by atoms with van der Waals surface area (Å²) in [6, 6.07) is 6.30. The Morgan fingerprint density at radius 3 is 2.94 bits per heavy atom. The average Bonchev–Trinajstić information content (AvgIpc) is 3.10. The second kappa shape index (κ2) is 3.84. The fourth-order valence-corrected chi connectivity index (χ4v) is 2.32. The fourth-order valence-electron chi connectivity index (χ4n) is 1.96. The molecule has 0 radical (unpaired) electrons. The van der Waals surface area contributed by atoms with Crippen LogP contribution in [0.15, 0.2) is 22.7 Å². The predicted octanol–water partition coefficient (Wildman–Crippen LogP) is 2.92. The van der Waals surface area contributed by atoms with E-state index in [-0.39, 0.29) is 5.97 Å². The van der Waals surface area contributed by atoms with Crippen LogP contribution in [0.25, 0.3) is 10.9 Å². The molecule has 1 fully saturated rings. The van der Waals surface area contributed by atoms with Crippen molar-refractivity contribution in [1.82, 2.24) is 9.78 Å². The van der Waals surface area contributed by atoms with Gasteiger partial charge in [-0.3, -0.25) is 4.68 Å². The zero-order chi connectivity index (χ0) is 12.0. The molecule has 0 N–H and O–H groups in total. The van der Waals surface area contributed by atoms with Crippen molar-refractivity contribution in [1.29, 1.82) is 0 Å². The van der Waals surface area contributed by atoms with Crippen LogP contribution in [-0.2, 0) is 4.74 Å². The number of hydrogen-bond donors (Lipinski definition) is 0. The topological polar surface area (TPSA) is 44.1 Å². The number of methoxy groups -OCH3 is 1. The van der Waals surface area contributed by atoms with E-state index in [1.54, 1.807) is 0 Å². The number of nitrogens with zero attached hydrogens (tertiary/aromatic N) is 2. The highest BCUT2D eigenvalue weighted by Crippen LogP contribution is 2.38. The molecule has 0 unspecified atom stereocenters. The normalized spacial score (nSPS) is 15.2. The van der Waals surface area contributed by atoms with E-state index in [1.165, 1.54) is 7.11 Å². The monoisotopic (exact) mass is 294 g/mol. The molecule has 4 nitrogen and oxygen atoms in total. The van der Waals surface area contributed by atoms with Crippen LogP contribution in [0.1, 0.15) is 29.4 Å². The number of ether oxygens (including phenoxy) is 1. The zero-order valence-corrected chi connectivity index (χ0v) is 10.9. The molecule has 0 spiro atoms. The van der Waals surface area contributed by atoms with Crippen LogP contribution in [0.4, 0.5) is 0 Å². The Hall–Kier alpha value is -1.36. The molecule has 0 saturated heterocycles. The number of fused-ring (bicyclic) bond motifs is 1. The van der Waals surface area contributed by atoms with E-state index in [9.17, 15) is 4.79 Å². The van der Waals surface area contributed by atoms with E-state index >= 15 is 0 Å². The minimum Gasteiger partial charge on any atom is -0.464 e. The van der Waals surface area contributed by atoms with Gasteiger partial charge in [0.05, 0.1) is 18.7 Å². The summed E-state index contributed by atoms with van der Waals surface area (Å²) in [7, 11) is 1.38. The van der Waals surface area contributed by atoms with Crippen LogP contribution in [0.3, 0.4) is 0 Å². The highest BCUT2D eigenvalue weighted by atomic mass is 79.9. The predicted molar refractivity (Wildman–Crippen MR) is 67.0 cm³/mol. The lowest BCUT2D eigenvalue weighted by molar-refractivity contribution is 0.0595. The van der Waals surface area contributed by atoms with Crippen molar-refractivity contribution in [2.24, 2.45) is 0 Å². The molecule has 1 aliphatic rings. The van der Waals surface area contributed by atoms with Crippen LogP contribution < -0.4 is 0 Å². The molecule has 0 atom stereocenters. The van der Waals surface area contributed by atoms with Crippen LogP contribution >= 0.6 is 15.9 Å². The summed E-state index contributed by atoms with van der Waals surface area (Å²) in [5.74, 6) is -0.382. The number of aromatic nitrogens is 2. The maximum atomic E-state index is 11.7. The van der Waals surface area contributed by atoms with Gasteiger partial charge in [-0.05, 0) is 31.0 Å². The van der Waals surface area contributed by atoms with Gasteiger partial charge in [0.25, 0.3) is 0 Å². The number of esters is 1. The molecule has 1 aromatic heterocycles. The molecule has 0 aliphatic heterocycles. The van der Waals surface area contributed by atoms with Crippen molar-refractivity contribution in [3.05, 3.63) is 28.4 Å². The molecule has 5 heteroatoms. The maximum absolute atomic E-state index is 11.7. The summed E-state index contributed by atoms with van der Waals surface area (Å²) < 4.78 is 7.64. The molecule has 1 aliphatic carbocycles. The molecule has 0 bridgehead atoms. The largest absolute Gasteiger partial charge is 0.464 e. The third kappa shape index (κ3) is 1.74. The lowest BCUT2D eigenvalue weighted by Crippen LogP contribution is -2.04. The third-order valence-electron chi connectivity index (χ3n) is 2.94. The summed E-state index contributed by atoms with van der Waals surface area (Å²) in [4.78, 5) is 11.7. The van der Waals surface area contributed by atoms with Crippen LogP contribution in [0.5, 0.6) is 0 Å². The van der Waals surface area contributed by atoms with Gasteiger partial charge < -0.3 is 4.74 Å². The van der Waals surface area contributed by atoms with E-state index < -0.39 is 0 Å². The van der Waals surface area contributed by atoms with Gasteiger partial charge in [-0.25, -0.2) is 4.79 Å². The summed E-state index contributed by atoms with van der Waals surface area (Å²) >= 11 is 3.41. The summed E-state index contributed by atoms with van der Waals surface area (Å²) in [6.45, 7) is 0. The first-order valence-electron chi connectivity index (χ1n) is 5.47. The summed E-state index contributed by atoms with van der Waals surface area (Å²) in [6.07, 6.45) is 2.26. The van der Waals surface area contributed by atoms with Gasteiger partial charge in [0.1, 0.15) is 0 Å². The number of benzene rings is 1. The Balaban J connectivity index is 2.26. The Kier molecular flexibility index (Phi) is 2.43. The molecular formula is C12H11BrN2O2. The van der Waals surface area contributed by atoms with Gasteiger partial charge in [-0.15, -0.1) is 0 Å². The fraction of sp³-hybridized carbons (Fsp3) is 0.333. The number of rotatable bonds is 2. The lowest BCUT2D eigenvalue weighted by atomic mass is 10.2. The molecule has 1 saturated carbocycles. The van der Waals surface area contributed by atoms with E-state index in [4.69, 9.17) is 4.74 Å². The third-order valence-corrected chi connectivity index (χ3v) is 3.43. The van der Waals surface area contributed by atoms with Crippen molar-refractivity contribution in [3.63, 3.8) is 0 Å². The van der Waals surface area contributed by atoms with Crippen molar-refractivity contribution in [2.45, 2.75) is 18.9 Å². The van der Waals surface area contributed by atoms with E-state index in [2.05, 4.69) is 21.0 Å². The molecule has 2 aromatic rings. The van der Waals surface area contributed by atoms with Crippen molar-refractivity contribution >= 4 is 32.8 Å². The van der Waals surface area contributed by atoms with Crippen molar-refractivity contribution < 1.29 is 9.53 Å². The molecular weight excluding hydrogens is 284 g/mol. The van der Waals surface area contributed by atoms with Gasteiger partial charge in [-0.2, -0.15) is 5.10 Å². The highest BCUT2D eigenvalue weighted by molar-refractivity contribution is 9.10. The van der Waals surface area contributed by atoms with E-state index in [0.717, 1.165) is 28.2 Å². The molecule has 88 valence electrons. The molecule has 1 aromatic carbocycles. The van der Waals surface area contributed by atoms with E-state index in [0.29, 0.717) is 11.7 Å². The zero-order valence-electron chi connectivity index (χ0n) is 9.31. The maximum Gasteiger partial charge on any atom is 0.359 e. The first-order valence-corrected chi connectivity index (χ1v) is 6.26. The molecule has 17 heavy (non-hydrogen) atoms. The molecule has 0 amide bonds. The van der Waals surface area contributed by atoms with Gasteiger partial charge in [0.2, 0.25) is 0 Å². The van der Waals surface area contributed by atoms with Gasteiger partial charge in [0.15, 0.2) is 5.69 Å². The SMILES string of the molecule is COC(=O)c1nn(C2CC2)c2ccc(Br)cc12. The van der Waals surface area contributed by atoms with Crippen LogP contribution in [-0.4, -0.2) is 22.9 Å². The number of halogens is 1. The lowest BCUT2D eigenvalue weighted by Gasteiger charge is -1.98. The Morgan fingerprint density at radius 2 is 2.29 bits per heavy atom. The second-order valence-electron chi connectivity index (χ2n) is 4.18. The number of hydrogen-bond acceptors (Lipinski definition) is 3. The minimum atomic E-state index is -0.382. The Morgan fingerprint density at radius 1 is 1.53 bits per heavy atom. The first-order chi connectivity index (χ1) is 8.20.